The summed E-state index contributed by atoms with van der Waals surface area (Å²) in [5.74, 6) is -0.366. The van der Waals surface area contributed by atoms with Crippen molar-refractivity contribution in [3.8, 4) is 0 Å². The third-order valence-electron chi connectivity index (χ3n) is 1.49. The van der Waals surface area contributed by atoms with Gasteiger partial charge in [0.25, 0.3) is 3.79 Å². The van der Waals surface area contributed by atoms with Gasteiger partial charge in [-0.05, 0) is 6.92 Å². The first-order valence-corrected chi connectivity index (χ1v) is 4.48. The van der Waals surface area contributed by atoms with Gasteiger partial charge in [0.15, 0.2) is 0 Å². The van der Waals surface area contributed by atoms with Crippen LogP contribution in [0, 0.1) is 5.41 Å². The molecule has 0 amide bonds. The summed E-state index contributed by atoms with van der Waals surface area (Å²) in [6, 6.07) is 0. The Bertz CT molecular complexity index is 192. The Morgan fingerprint density at radius 1 is 1.58 bits per heavy atom. The first kappa shape index (κ1) is 10.4. The Kier molecular flexibility index (Phi) is 3.10. The SMILES string of the molecule is C[C@@H]1O[C@@H]1COC(=N)C(Cl)(Cl)Cl. The van der Waals surface area contributed by atoms with Gasteiger partial charge in [-0.1, -0.05) is 34.8 Å². The molecule has 3 nitrogen and oxygen atoms in total. The molecule has 70 valence electrons. The Morgan fingerprint density at radius 3 is 2.42 bits per heavy atom. The van der Waals surface area contributed by atoms with Crippen molar-refractivity contribution in [2.45, 2.75) is 22.9 Å². The minimum absolute atomic E-state index is 0.0395. The summed E-state index contributed by atoms with van der Waals surface area (Å²) in [6.07, 6.45) is 0.228. The first-order valence-electron chi connectivity index (χ1n) is 3.35. The fourth-order valence-electron chi connectivity index (χ4n) is 0.652. The summed E-state index contributed by atoms with van der Waals surface area (Å²) >= 11 is 16.1. The summed E-state index contributed by atoms with van der Waals surface area (Å²) in [6.45, 7) is 2.18. The van der Waals surface area contributed by atoms with Crippen molar-refractivity contribution in [2.24, 2.45) is 0 Å². The number of epoxide rings is 1. The highest BCUT2D eigenvalue weighted by molar-refractivity contribution is 6.76. The van der Waals surface area contributed by atoms with Crippen LogP contribution in [0.3, 0.4) is 0 Å². The highest BCUT2D eigenvalue weighted by atomic mass is 35.6. The minimum Gasteiger partial charge on any atom is -0.475 e. The lowest BCUT2D eigenvalue weighted by Crippen LogP contribution is -2.23. The van der Waals surface area contributed by atoms with E-state index >= 15 is 0 Å². The summed E-state index contributed by atoms with van der Waals surface area (Å²) in [5.41, 5.74) is 0. The molecule has 1 N–H and O–H groups in total. The molecule has 0 aromatic heterocycles. The molecule has 1 aliphatic rings. The molecule has 0 aromatic carbocycles. The molecule has 0 saturated carbocycles. The smallest absolute Gasteiger partial charge is 0.265 e. The number of ether oxygens (including phenoxy) is 2. The number of halogens is 3. The molecule has 1 aliphatic heterocycles. The van der Waals surface area contributed by atoms with Crippen LogP contribution in [0.25, 0.3) is 0 Å². The van der Waals surface area contributed by atoms with E-state index in [-0.39, 0.29) is 24.7 Å². The van der Waals surface area contributed by atoms with E-state index in [0.717, 1.165) is 0 Å². The normalized spacial score (nSPS) is 28.3. The van der Waals surface area contributed by atoms with E-state index < -0.39 is 3.79 Å². The molecule has 0 radical (unpaired) electrons. The molecule has 12 heavy (non-hydrogen) atoms. The van der Waals surface area contributed by atoms with Crippen molar-refractivity contribution in [1.29, 1.82) is 5.41 Å². The van der Waals surface area contributed by atoms with Gasteiger partial charge < -0.3 is 9.47 Å². The standard InChI is InChI=1S/C6H8Cl3NO2/c1-3-4(12-3)2-11-5(10)6(7,8)9/h3-4,10H,2H2,1H3/t3-,4+/m0/s1. The fourth-order valence-corrected chi connectivity index (χ4v) is 0.816. The molecule has 0 unspecified atom stereocenters. The van der Waals surface area contributed by atoms with Crippen LogP contribution >= 0.6 is 34.8 Å². The number of rotatable bonds is 2. The largest absolute Gasteiger partial charge is 0.475 e. The van der Waals surface area contributed by atoms with Crippen LogP contribution in [0.2, 0.25) is 0 Å². The van der Waals surface area contributed by atoms with Gasteiger partial charge in [0.2, 0.25) is 5.90 Å². The lowest BCUT2D eigenvalue weighted by molar-refractivity contribution is 0.245. The molecular weight excluding hydrogens is 224 g/mol. The number of hydrogen-bond acceptors (Lipinski definition) is 3. The molecule has 1 fully saturated rings. The van der Waals surface area contributed by atoms with E-state index in [1.165, 1.54) is 0 Å². The van der Waals surface area contributed by atoms with Crippen molar-refractivity contribution >= 4 is 40.7 Å². The predicted molar refractivity (Wildman–Crippen MR) is 48.3 cm³/mol. The van der Waals surface area contributed by atoms with Crippen LogP contribution in [-0.2, 0) is 9.47 Å². The second kappa shape index (κ2) is 3.58. The van der Waals surface area contributed by atoms with Crippen LogP contribution in [0.1, 0.15) is 6.92 Å². The van der Waals surface area contributed by atoms with Crippen LogP contribution in [0.5, 0.6) is 0 Å². The summed E-state index contributed by atoms with van der Waals surface area (Å²) in [7, 11) is 0. The molecule has 6 heteroatoms. The van der Waals surface area contributed by atoms with Gasteiger partial charge in [0.1, 0.15) is 12.7 Å². The third-order valence-corrected chi connectivity index (χ3v) is 2.00. The van der Waals surface area contributed by atoms with Crippen LogP contribution in [0.15, 0.2) is 0 Å². The summed E-state index contributed by atoms with van der Waals surface area (Å²) in [4.78, 5) is 0. The highest BCUT2D eigenvalue weighted by Crippen LogP contribution is 2.29. The van der Waals surface area contributed by atoms with Gasteiger partial charge in [-0.2, -0.15) is 0 Å². The summed E-state index contributed by atoms with van der Waals surface area (Å²) in [5, 5.41) is 7.15. The maximum atomic E-state index is 7.15. The van der Waals surface area contributed by atoms with Crippen LogP contribution in [-0.4, -0.2) is 28.5 Å². The quantitative estimate of drug-likeness (QED) is 0.343. The number of nitrogens with one attached hydrogen (secondary N) is 1. The van der Waals surface area contributed by atoms with E-state index in [1.807, 2.05) is 6.92 Å². The monoisotopic (exact) mass is 231 g/mol. The average Bonchev–Trinajstić information content (AvgIpc) is 2.59. The van der Waals surface area contributed by atoms with Gasteiger partial charge in [-0.25, -0.2) is 0 Å². The topological polar surface area (TPSA) is 45.6 Å². The third kappa shape index (κ3) is 2.98. The zero-order valence-corrected chi connectivity index (χ0v) is 8.58. The second-order valence-corrected chi connectivity index (χ2v) is 4.80. The number of alkyl halides is 3. The molecule has 0 aromatic rings. The molecule has 1 saturated heterocycles. The van der Waals surface area contributed by atoms with Gasteiger partial charge in [0.05, 0.1) is 6.10 Å². The van der Waals surface area contributed by atoms with Crippen molar-refractivity contribution in [3.05, 3.63) is 0 Å². The van der Waals surface area contributed by atoms with Crippen LogP contribution in [0.4, 0.5) is 0 Å². The number of hydrogen-bond donors (Lipinski definition) is 1. The average molecular weight is 232 g/mol. The second-order valence-electron chi connectivity index (χ2n) is 2.52. The summed E-state index contributed by atoms with van der Waals surface area (Å²) < 4.78 is 8.13. The molecule has 1 rings (SSSR count). The Morgan fingerprint density at radius 2 is 2.08 bits per heavy atom. The molecule has 0 bridgehead atoms. The van der Waals surface area contributed by atoms with E-state index in [1.54, 1.807) is 0 Å². The maximum Gasteiger partial charge on any atom is 0.265 e. The van der Waals surface area contributed by atoms with Gasteiger partial charge >= 0.3 is 0 Å². The van der Waals surface area contributed by atoms with E-state index in [4.69, 9.17) is 49.7 Å². The zero-order valence-electron chi connectivity index (χ0n) is 6.31. The van der Waals surface area contributed by atoms with E-state index in [9.17, 15) is 0 Å². The van der Waals surface area contributed by atoms with Crippen molar-refractivity contribution < 1.29 is 9.47 Å². The van der Waals surface area contributed by atoms with Crippen LogP contribution < -0.4 is 0 Å². The molecule has 0 spiro atoms. The Hall–Kier alpha value is 0.300. The Balaban J connectivity index is 2.19. The highest BCUT2D eigenvalue weighted by Gasteiger charge is 2.37. The Labute approximate surface area is 85.4 Å². The molecular formula is C6H8Cl3NO2. The lowest BCUT2D eigenvalue weighted by Gasteiger charge is -2.12. The molecule has 0 aliphatic carbocycles. The van der Waals surface area contributed by atoms with Gasteiger partial charge in [-0.3, -0.25) is 5.41 Å². The zero-order chi connectivity index (χ0) is 9.35. The predicted octanol–water partition coefficient (Wildman–Crippen LogP) is 2.14. The minimum atomic E-state index is -1.77. The van der Waals surface area contributed by atoms with Crippen molar-refractivity contribution in [1.82, 2.24) is 0 Å². The molecule has 2 atom stereocenters. The van der Waals surface area contributed by atoms with Gasteiger partial charge in [-0.15, -0.1) is 0 Å². The maximum absolute atomic E-state index is 7.15. The van der Waals surface area contributed by atoms with Gasteiger partial charge in [0, 0.05) is 0 Å². The van der Waals surface area contributed by atoms with Crippen molar-refractivity contribution in [2.75, 3.05) is 6.61 Å². The van der Waals surface area contributed by atoms with Crippen molar-refractivity contribution in [3.63, 3.8) is 0 Å². The lowest BCUT2D eigenvalue weighted by atomic mass is 10.4. The van der Waals surface area contributed by atoms with E-state index in [2.05, 4.69) is 0 Å². The fraction of sp³-hybridized carbons (Fsp3) is 0.833. The van der Waals surface area contributed by atoms with E-state index in [0.29, 0.717) is 0 Å². The molecule has 1 heterocycles. The first-order chi connectivity index (χ1) is 5.41.